The summed E-state index contributed by atoms with van der Waals surface area (Å²) in [5, 5.41) is 21.7. The summed E-state index contributed by atoms with van der Waals surface area (Å²) in [5.74, 6) is -1.31. The average Bonchev–Trinajstić information content (AvgIpc) is 3.93. The number of aryl methyl sites for hydroxylation is 2. The molecule has 0 bridgehead atoms. The first-order valence-corrected chi connectivity index (χ1v) is 23.6. The number of carbonyl (C=O) groups excluding carboxylic acids is 3. The van der Waals surface area contributed by atoms with Crippen molar-refractivity contribution in [2.75, 3.05) is 51.1 Å². The van der Waals surface area contributed by atoms with Crippen LogP contribution in [0.25, 0.3) is 0 Å². The summed E-state index contributed by atoms with van der Waals surface area (Å²) in [6.45, 7) is 7.92. The lowest BCUT2D eigenvalue weighted by Gasteiger charge is -2.29. The number of hydrogen-bond acceptors (Lipinski definition) is 13. The Bertz CT molecular complexity index is 2310. The van der Waals surface area contributed by atoms with Gasteiger partial charge in [0.15, 0.2) is 4.84 Å². The molecule has 0 saturated carbocycles. The van der Waals surface area contributed by atoms with Gasteiger partial charge in [0, 0.05) is 24.3 Å². The summed E-state index contributed by atoms with van der Waals surface area (Å²) >= 11 is 28.6. The van der Waals surface area contributed by atoms with Crippen molar-refractivity contribution in [3.05, 3.63) is 116 Å². The predicted molar refractivity (Wildman–Crippen MR) is 253 cm³/mol. The number of hydrogen-bond donors (Lipinski definition) is 4. The highest BCUT2D eigenvalue weighted by atomic mass is 35.5. The van der Waals surface area contributed by atoms with E-state index in [0.29, 0.717) is 23.1 Å². The number of methoxy groups -OCH3 is 2. The van der Waals surface area contributed by atoms with E-state index in [1.807, 2.05) is 24.3 Å². The smallest absolute Gasteiger partial charge is 0.345 e. The molecule has 2 heterocycles. The number of ether oxygens (including phenoxy) is 4. The molecule has 1 unspecified atom stereocenters. The van der Waals surface area contributed by atoms with Gasteiger partial charge in [-0.05, 0) is 74.2 Å². The summed E-state index contributed by atoms with van der Waals surface area (Å²) in [5.41, 5.74) is 1.91. The van der Waals surface area contributed by atoms with Crippen LogP contribution < -0.4 is 15.0 Å². The summed E-state index contributed by atoms with van der Waals surface area (Å²) in [4.78, 5) is 73.9. The van der Waals surface area contributed by atoms with Crippen molar-refractivity contribution in [2.45, 2.75) is 57.2 Å². The Morgan fingerprint density at radius 3 is 2.13 bits per heavy atom. The Morgan fingerprint density at radius 2 is 1.66 bits per heavy atom. The van der Waals surface area contributed by atoms with E-state index in [-0.39, 0.29) is 52.6 Å². The number of rotatable bonds is 16. The van der Waals surface area contributed by atoms with Crippen LogP contribution in [0.3, 0.4) is 0 Å². The Labute approximate surface area is 411 Å². The number of anilines is 1. The topological polar surface area (TPSA) is 258 Å². The van der Waals surface area contributed by atoms with Crippen molar-refractivity contribution >= 4 is 101 Å². The predicted octanol–water partition coefficient (Wildman–Crippen LogP) is 8.98. The number of nitro benzene ring substituents is 1. The van der Waals surface area contributed by atoms with Gasteiger partial charge in [-0.25, -0.2) is 4.79 Å². The van der Waals surface area contributed by atoms with E-state index in [1.54, 1.807) is 50.3 Å². The third-order valence-electron chi connectivity index (χ3n) is 8.94. The number of furan rings is 1. The van der Waals surface area contributed by atoms with Gasteiger partial charge in [-0.1, -0.05) is 78.5 Å². The third kappa shape index (κ3) is 18.8. The average molecular weight is 1060 g/mol. The van der Waals surface area contributed by atoms with Crippen LogP contribution in [0, 0.1) is 10.1 Å². The molecule has 1 aliphatic heterocycles. The number of amides is 2. The van der Waals surface area contributed by atoms with Gasteiger partial charge in [0.05, 0.1) is 48.4 Å². The molecule has 3 aromatic carbocycles. The van der Waals surface area contributed by atoms with Gasteiger partial charge in [0.1, 0.15) is 47.3 Å². The van der Waals surface area contributed by atoms with Gasteiger partial charge in [-0.3, -0.25) is 39.3 Å². The monoisotopic (exact) mass is 1060 g/mol. The van der Waals surface area contributed by atoms with Crippen molar-refractivity contribution in [3.63, 3.8) is 0 Å². The van der Waals surface area contributed by atoms with Gasteiger partial charge >= 0.3 is 19.5 Å². The number of esters is 1. The molecule has 25 heteroatoms. The van der Waals surface area contributed by atoms with Gasteiger partial charge in [0.25, 0.3) is 11.6 Å². The maximum atomic E-state index is 12.0. The minimum absolute atomic E-state index is 0.0371. The number of alkyl halides is 3. The molecule has 368 valence electrons. The van der Waals surface area contributed by atoms with Gasteiger partial charge in [-0.15, -0.1) is 11.6 Å². The molecule has 0 aliphatic carbocycles. The fraction of sp³-hybridized carbons (Fsp3) is 0.381. The summed E-state index contributed by atoms with van der Waals surface area (Å²) < 4.78 is 36.3. The molecule has 1 fully saturated rings. The molecule has 1 aromatic heterocycles. The minimum atomic E-state index is -4.10. The number of para-hydroxylation sites is 1. The SMILES string of the molecule is CC1(C)OC(c2ccco2)CN1C(=O)C(Cl)Cl.CCc1cccc(CC)c1N(COC)C(=O)CCl.COC(=O)c1cc(Oc2ccc(Cl)cc2Cl)ccc1[N+](=O)[O-].O=C(O)CNCP(=O)(O)O. The normalized spacial score (nSPS) is 13.8. The maximum absolute atomic E-state index is 12.0. The molecule has 5 rings (SSSR count). The lowest BCUT2D eigenvalue weighted by Crippen LogP contribution is -2.45. The van der Waals surface area contributed by atoms with Crippen LogP contribution in [0.2, 0.25) is 10.0 Å². The van der Waals surface area contributed by atoms with E-state index in [2.05, 4.69) is 23.9 Å². The van der Waals surface area contributed by atoms with Crippen LogP contribution in [-0.4, -0.2) is 105 Å². The second kappa shape index (κ2) is 28.1. The quantitative estimate of drug-likeness (QED) is 0.0204. The molecule has 0 spiro atoms. The highest BCUT2D eigenvalue weighted by molar-refractivity contribution is 7.51. The zero-order valence-electron chi connectivity index (χ0n) is 37.0. The third-order valence-corrected chi connectivity index (χ3v) is 10.7. The number of nitrogens with zero attached hydrogens (tertiary/aromatic N) is 3. The molecule has 1 aliphatic rings. The number of nitro groups is 1. The Hall–Kier alpha value is -4.50. The van der Waals surface area contributed by atoms with E-state index in [1.165, 1.54) is 23.1 Å². The zero-order chi connectivity index (χ0) is 50.6. The zero-order valence-corrected chi connectivity index (χ0v) is 41.6. The van der Waals surface area contributed by atoms with Crippen molar-refractivity contribution in [1.82, 2.24) is 10.2 Å². The largest absolute Gasteiger partial charge is 0.480 e. The summed E-state index contributed by atoms with van der Waals surface area (Å²) in [6.07, 6.45) is 2.44. The van der Waals surface area contributed by atoms with Crippen LogP contribution in [0.15, 0.2) is 77.4 Å². The fourth-order valence-corrected chi connectivity index (χ4v) is 7.19. The number of halogens is 5. The summed E-state index contributed by atoms with van der Waals surface area (Å²) in [6, 6.07) is 18.0. The van der Waals surface area contributed by atoms with Crippen LogP contribution in [0.5, 0.6) is 11.5 Å². The molecule has 1 atom stereocenters. The maximum Gasteiger partial charge on any atom is 0.345 e. The standard InChI is InChI=1S/C14H9Cl2NO5.C14H20ClNO2.C11H13Cl2NO3.C3H8NO5P/c1-21-14(18)10-7-9(3-4-12(10)17(19)20)22-13-5-2-8(15)6-11(13)16;1-4-11-7-6-8-12(5-2)14(11)16(10-18-3)13(17)9-15;1-11(2)14(10(15)9(12)13)6-8(17-11)7-4-3-5-16-7;5-3(6)1-4-2-10(7,8)9/h2-7H,1H3;6-8H,4-5,9-10H2,1-3H3;3-5,8-9H,6H2,1-2H3;4H,1-2H2,(H,5,6)(H2,7,8,9). The molecular weight excluding hydrogens is 1010 g/mol. The number of carboxylic acids is 1. The first-order valence-electron chi connectivity index (χ1n) is 19.7. The van der Waals surface area contributed by atoms with E-state index >= 15 is 0 Å². The fourth-order valence-electron chi connectivity index (χ4n) is 5.96. The molecule has 19 nitrogen and oxygen atoms in total. The van der Waals surface area contributed by atoms with E-state index in [9.17, 15) is 33.9 Å². The minimum Gasteiger partial charge on any atom is -0.480 e. The molecule has 67 heavy (non-hydrogen) atoms. The number of nitrogens with one attached hydrogen (secondary N) is 1. The van der Waals surface area contributed by atoms with Gasteiger partial charge in [0.2, 0.25) is 5.91 Å². The molecule has 4 aromatic rings. The number of benzene rings is 3. The number of carboxylic acid groups (broad SMARTS) is 1. The number of aliphatic carboxylic acids is 1. The molecule has 4 N–H and O–H groups in total. The second-order valence-electron chi connectivity index (χ2n) is 14.1. The van der Waals surface area contributed by atoms with Gasteiger partial charge in [-0.2, -0.15) is 0 Å². The molecule has 1 saturated heterocycles. The molecule has 2 amide bonds. The number of carbonyl (C=O) groups is 4. The lowest BCUT2D eigenvalue weighted by atomic mass is 10.0. The highest BCUT2D eigenvalue weighted by Crippen LogP contribution is 2.37. The molecular formula is C42H50Cl5N4O15P. The molecule has 0 radical (unpaired) electrons. The highest BCUT2D eigenvalue weighted by Gasteiger charge is 2.45. The van der Waals surface area contributed by atoms with E-state index in [4.69, 9.17) is 91.5 Å². The van der Waals surface area contributed by atoms with Crippen molar-refractivity contribution < 1.29 is 66.9 Å². The first kappa shape index (κ1) is 58.6. The van der Waals surface area contributed by atoms with E-state index < -0.39 is 47.8 Å². The van der Waals surface area contributed by atoms with Crippen molar-refractivity contribution in [3.8, 4) is 11.5 Å². The van der Waals surface area contributed by atoms with Crippen LogP contribution in [0.1, 0.15) is 61.0 Å². The van der Waals surface area contributed by atoms with Crippen LogP contribution in [0.4, 0.5) is 11.4 Å². The van der Waals surface area contributed by atoms with Crippen molar-refractivity contribution in [2.24, 2.45) is 0 Å². The van der Waals surface area contributed by atoms with Crippen LogP contribution >= 0.6 is 65.6 Å². The first-order chi connectivity index (χ1) is 31.4. The Kier molecular flexibility index (Phi) is 24.6. The van der Waals surface area contributed by atoms with Crippen molar-refractivity contribution in [1.29, 1.82) is 0 Å². The Balaban J connectivity index is 0.000000317. The van der Waals surface area contributed by atoms with E-state index in [0.717, 1.165) is 42.8 Å². The van der Waals surface area contributed by atoms with Crippen LogP contribution in [-0.2, 0) is 46.0 Å². The lowest BCUT2D eigenvalue weighted by molar-refractivity contribution is -0.385. The van der Waals surface area contributed by atoms with Gasteiger partial charge < -0.3 is 43.2 Å². The summed E-state index contributed by atoms with van der Waals surface area (Å²) in [7, 11) is -1.38. The second-order valence-corrected chi connectivity index (χ2v) is 17.9. The Morgan fingerprint density at radius 1 is 1.01 bits per heavy atom.